The maximum atomic E-state index is 8.44. The van der Waals surface area contributed by atoms with Gasteiger partial charge in [0.25, 0.3) is 0 Å². The Labute approximate surface area is 43.8 Å². The van der Waals surface area contributed by atoms with Crippen molar-refractivity contribution in [2.24, 2.45) is 0 Å². The topological polar surface area (TPSA) is 40.1 Å². The molecule has 2 nitrogen and oxygen atoms in total. The molecule has 0 aliphatic heterocycles. The zero-order valence-corrected chi connectivity index (χ0v) is 4.71. The Balaban J connectivity index is 0. The minimum atomic E-state index is -1.62. The van der Waals surface area contributed by atoms with Gasteiger partial charge in [0.2, 0.25) is 0 Å². The van der Waals surface area contributed by atoms with E-state index in [9.17, 15) is 0 Å². The van der Waals surface area contributed by atoms with Crippen molar-refractivity contribution >= 4 is 0 Å². The average Bonchev–Trinajstić information content (AvgIpc) is 1.39. The first kappa shape index (κ1) is 9.40. The molecule has 0 radical (unpaired) electrons. The molecule has 0 spiro atoms. The Hall–Kier alpha value is 0.0325. The summed E-state index contributed by atoms with van der Waals surface area (Å²) in [4.78, 5) is 0. The molecule has 0 aromatic rings. The summed E-state index contributed by atoms with van der Waals surface area (Å²) >= 11 is -1.62. The quantitative estimate of drug-likeness (QED) is 0.416. The van der Waals surface area contributed by atoms with Gasteiger partial charge in [-0.15, -0.1) is 0 Å². The van der Waals surface area contributed by atoms with Crippen LogP contribution in [0, 0.1) is 6.08 Å². The summed E-state index contributed by atoms with van der Waals surface area (Å²) in [6.07, 6.45) is 2.50. The molecule has 0 saturated carbocycles. The van der Waals surface area contributed by atoms with Gasteiger partial charge in [0.05, 0.1) is 0 Å². The summed E-state index contributed by atoms with van der Waals surface area (Å²) in [6, 6.07) is 0. The number of allylic oxidation sites excluding steroid dienone is 1. The van der Waals surface area contributed by atoms with E-state index in [1.165, 1.54) is 0 Å². The van der Waals surface area contributed by atoms with Crippen LogP contribution in [0.15, 0.2) is 6.58 Å². The summed E-state index contributed by atoms with van der Waals surface area (Å²) in [6.45, 7) is 5.00. The predicted molar refractivity (Wildman–Crippen MR) is 15.2 cm³/mol. The fraction of sp³-hybridized carbons (Fsp3) is 0.333. The molecule has 6 heavy (non-hydrogen) atoms. The predicted octanol–water partition coefficient (Wildman–Crippen LogP) is -0.315. The number of hydrogen-bond donors (Lipinski definition) is 0. The van der Waals surface area contributed by atoms with Gasteiger partial charge in [-0.25, -0.2) is 0 Å². The zero-order chi connectivity index (χ0) is 5.41. The molecule has 0 aromatic carbocycles. The molecule has 0 aromatic heterocycles. The van der Waals surface area contributed by atoms with Crippen LogP contribution in [0.5, 0.6) is 0 Å². The van der Waals surface area contributed by atoms with Gasteiger partial charge in [0.1, 0.15) is 0 Å². The molecule has 0 saturated heterocycles. The summed E-state index contributed by atoms with van der Waals surface area (Å²) in [5, 5.41) is 0. The van der Waals surface area contributed by atoms with Gasteiger partial charge in [-0.2, -0.15) is 6.92 Å². The van der Waals surface area contributed by atoms with E-state index in [0.717, 1.165) is 0 Å². The van der Waals surface area contributed by atoms with Gasteiger partial charge >= 0.3 is 23.4 Å². The van der Waals surface area contributed by atoms with Crippen molar-refractivity contribution in [3.8, 4) is 0 Å². The van der Waals surface area contributed by atoms with Crippen LogP contribution >= 0.6 is 0 Å². The summed E-state index contributed by atoms with van der Waals surface area (Å²) < 4.78 is 16.9. The van der Waals surface area contributed by atoms with Crippen molar-refractivity contribution in [2.75, 3.05) is 0 Å². The fourth-order valence-electron chi connectivity index (χ4n) is 0. The molecule has 0 atom stereocenters. The number of hydrogen-bond acceptors (Lipinski definition) is 2. The zero-order valence-electron chi connectivity index (χ0n) is 3.43. The fourth-order valence-corrected chi connectivity index (χ4v) is 0. The molecule has 0 aliphatic carbocycles. The molecule has 0 N–H and O–H groups in total. The van der Waals surface area contributed by atoms with E-state index in [2.05, 4.69) is 12.7 Å². The van der Waals surface area contributed by atoms with E-state index in [-0.39, 0.29) is 0 Å². The van der Waals surface area contributed by atoms with E-state index in [4.69, 9.17) is 7.96 Å². The van der Waals surface area contributed by atoms with Crippen LogP contribution in [0.3, 0.4) is 0 Å². The second-order valence-corrected chi connectivity index (χ2v) is 0.634. The Kier molecular flexibility index (Phi) is 31.0. The first-order valence-electron chi connectivity index (χ1n) is 1.19. The number of rotatable bonds is 0. The van der Waals surface area contributed by atoms with E-state index in [1.54, 1.807) is 6.92 Å². The molecule has 0 unspecified atom stereocenters. The van der Waals surface area contributed by atoms with Gasteiger partial charge in [-0.3, -0.25) is 6.58 Å². The first-order valence-corrected chi connectivity index (χ1v) is 2.23. The van der Waals surface area contributed by atoms with Crippen LogP contribution < -0.4 is 4.16 Å². The minimum absolute atomic E-state index is 1.62. The summed E-state index contributed by atoms with van der Waals surface area (Å²) in [5.41, 5.74) is 0. The third-order valence-electron chi connectivity index (χ3n) is 0. The van der Waals surface area contributed by atoms with E-state index < -0.39 is 15.5 Å². The third-order valence-corrected chi connectivity index (χ3v) is 0. The van der Waals surface area contributed by atoms with Gasteiger partial charge in [0, 0.05) is 0 Å². The Morgan fingerprint density at radius 3 is 2.00 bits per heavy atom. The van der Waals surface area contributed by atoms with Gasteiger partial charge in [-0.05, 0) is 0 Å². The molecule has 0 bridgehead atoms. The van der Waals surface area contributed by atoms with Gasteiger partial charge < -0.3 is 6.08 Å². The van der Waals surface area contributed by atoms with Crippen LogP contribution in [-0.2, 0) is 19.3 Å². The SMILES string of the molecule is C=[C-]C.[O]=[Cr][O-]. The summed E-state index contributed by atoms with van der Waals surface area (Å²) in [7, 11) is 0. The van der Waals surface area contributed by atoms with Crippen molar-refractivity contribution in [1.82, 2.24) is 0 Å². The summed E-state index contributed by atoms with van der Waals surface area (Å²) in [5.74, 6) is 0. The van der Waals surface area contributed by atoms with Crippen molar-refractivity contribution in [1.29, 1.82) is 0 Å². The Morgan fingerprint density at radius 1 is 2.00 bits per heavy atom. The van der Waals surface area contributed by atoms with Crippen LogP contribution in [0.2, 0.25) is 0 Å². The van der Waals surface area contributed by atoms with Crippen molar-refractivity contribution in [3.05, 3.63) is 12.7 Å². The van der Waals surface area contributed by atoms with Crippen LogP contribution in [0.1, 0.15) is 6.92 Å². The van der Waals surface area contributed by atoms with E-state index >= 15 is 0 Å². The molecule has 0 fully saturated rings. The van der Waals surface area contributed by atoms with Crippen LogP contribution in [0.4, 0.5) is 0 Å². The molecular formula is C3H5CrO2-2. The van der Waals surface area contributed by atoms with Crippen LogP contribution in [0.25, 0.3) is 0 Å². The molecule has 37 valence electrons. The van der Waals surface area contributed by atoms with Crippen LogP contribution in [-0.4, -0.2) is 0 Å². The van der Waals surface area contributed by atoms with E-state index in [1.807, 2.05) is 0 Å². The maximum absolute atomic E-state index is 8.44. The third kappa shape index (κ3) is 35200. The Bertz CT molecular complexity index is 29.8. The average molecular weight is 125 g/mol. The molecule has 3 heteroatoms. The van der Waals surface area contributed by atoms with Crippen molar-refractivity contribution in [3.63, 3.8) is 0 Å². The molecule has 0 rings (SSSR count). The monoisotopic (exact) mass is 125 g/mol. The molecular weight excluding hydrogens is 120 g/mol. The Morgan fingerprint density at radius 2 is 2.00 bits per heavy atom. The normalized spacial score (nSPS) is 4.33. The molecule has 0 heterocycles. The first-order chi connectivity index (χ1) is 2.83. The standard InChI is InChI=1S/C3H5.Cr.2O/c1-3-2;;;/h1H2,2H3;;;/q-1;;;-1. The van der Waals surface area contributed by atoms with Crippen molar-refractivity contribution < 1.29 is 23.4 Å². The second kappa shape index (κ2) is 19.8. The van der Waals surface area contributed by atoms with E-state index in [0.29, 0.717) is 0 Å². The second-order valence-electron chi connectivity index (χ2n) is 0.422. The van der Waals surface area contributed by atoms with Crippen molar-refractivity contribution in [2.45, 2.75) is 6.92 Å². The molecule has 0 amide bonds. The van der Waals surface area contributed by atoms with Gasteiger partial charge in [-0.1, -0.05) is 0 Å². The van der Waals surface area contributed by atoms with Gasteiger partial charge in [0.15, 0.2) is 0 Å². The molecule has 0 aliphatic rings.